The van der Waals surface area contributed by atoms with Crippen LogP contribution in [-0.2, 0) is 4.79 Å². The molecule has 3 heteroatoms. The lowest BCUT2D eigenvalue weighted by atomic mass is 10.0. The van der Waals surface area contributed by atoms with Crippen LogP contribution in [-0.4, -0.2) is 17.7 Å². The van der Waals surface area contributed by atoms with Gasteiger partial charge in [0.25, 0.3) is 0 Å². The molecule has 2 aromatic carbocycles. The van der Waals surface area contributed by atoms with Gasteiger partial charge in [0.15, 0.2) is 0 Å². The number of benzene rings is 2. The van der Waals surface area contributed by atoms with Crippen molar-refractivity contribution in [3.63, 3.8) is 0 Å². The summed E-state index contributed by atoms with van der Waals surface area (Å²) >= 11 is 0. The summed E-state index contributed by atoms with van der Waals surface area (Å²) in [4.78, 5) is 10.8. The minimum Gasteiger partial charge on any atom is -0.489 e. The third-order valence-corrected chi connectivity index (χ3v) is 3.05. The Bertz CT molecular complexity index is 707. The number of fused-ring (bicyclic) bond motifs is 1. The monoisotopic (exact) mass is 282 g/mol. The van der Waals surface area contributed by atoms with Crippen molar-refractivity contribution in [1.29, 1.82) is 0 Å². The van der Waals surface area contributed by atoms with Gasteiger partial charge in [-0.25, -0.2) is 4.79 Å². The van der Waals surface area contributed by atoms with Gasteiger partial charge in [0, 0.05) is 11.6 Å². The standard InChI is InChI=1S/C18H18O3/c1-13(2)11-12-21-17-9-7-14-5-3-4-6-15(14)16(17)8-10-18(19)20/h3-11H,12H2,1-2H3,(H,19,20)/b10-8+. The van der Waals surface area contributed by atoms with E-state index in [4.69, 9.17) is 9.84 Å². The predicted octanol–water partition coefficient (Wildman–Crippen LogP) is 4.28. The number of carboxylic acid groups (broad SMARTS) is 1. The van der Waals surface area contributed by atoms with Crippen LogP contribution in [0, 0.1) is 0 Å². The molecule has 0 saturated heterocycles. The Kier molecular flexibility index (Phi) is 4.77. The largest absolute Gasteiger partial charge is 0.489 e. The molecule has 0 fully saturated rings. The van der Waals surface area contributed by atoms with Gasteiger partial charge in [-0.1, -0.05) is 35.9 Å². The van der Waals surface area contributed by atoms with Crippen molar-refractivity contribution >= 4 is 22.8 Å². The summed E-state index contributed by atoms with van der Waals surface area (Å²) in [6, 6.07) is 11.7. The first kappa shape index (κ1) is 14.9. The Morgan fingerprint density at radius 3 is 2.67 bits per heavy atom. The van der Waals surface area contributed by atoms with Crippen LogP contribution in [0.25, 0.3) is 16.8 Å². The summed E-state index contributed by atoms with van der Waals surface area (Å²) in [5.41, 5.74) is 1.97. The number of carbonyl (C=O) groups is 1. The first-order chi connectivity index (χ1) is 10.1. The summed E-state index contributed by atoms with van der Waals surface area (Å²) in [5, 5.41) is 10.9. The van der Waals surface area contributed by atoms with Crippen LogP contribution in [0.15, 0.2) is 54.1 Å². The van der Waals surface area contributed by atoms with Crippen LogP contribution >= 0.6 is 0 Å². The summed E-state index contributed by atoms with van der Waals surface area (Å²) in [6.07, 6.45) is 4.71. The van der Waals surface area contributed by atoms with Gasteiger partial charge in [0.2, 0.25) is 0 Å². The van der Waals surface area contributed by atoms with Crippen molar-refractivity contribution in [2.45, 2.75) is 13.8 Å². The van der Waals surface area contributed by atoms with E-state index in [0.29, 0.717) is 12.4 Å². The molecule has 108 valence electrons. The van der Waals surface area contributed by atoms with Gasteiger partial charge in [-0.2, -0.15) is 0 Å². The van der Waals surface area contributed by atoms with Gasteiger partial charge >= 0.3 is 5.97 Å². The summed E-state index contributed by atoms with van der Waals surface area (Å²) in [5.74, 6) is -0.290. The minimum absolute atomic E-state index is 0.467. The van der Waals surface area contributed by atoms with E-state index in [1.807, 2.05) is 56.3 Å². The van der Waals surface area contributed by atoms with E-state index in [1.54, 1.807) is 6.08 Å². The number of carboxylic acids is 1. The highest BCUT2D eigenvalue weighted by Gasteiger charge is 2.06. The number of ether oxygens (including phenoxy) is 1. The Morgan fingerprint density at radius 2 is 1.95 bits per heavy atom. The molecule has 0 radical (unpaired) electrons. The highest BCUT2D eigenvalue weighted by Crippen LogP contribution is 2.29. The fraction of sp³-hybridized carbons (Fsp3) is 0.167. The lowest BCUT2D eigenvalue weighted by Crippen LogP contribution is -1.97. The third kappa shape index (κ3) is 3.96. The van der Waals surface area contributed by atoms with Gasteiger partial charge < -0.3 is 9.84 Å². The summed E-state index contributed by atoms with van der Waals surface area (Å²) in [7, 11) is 0. The smallest absolute Gasteiger partial charge is 0.328 e. The van der Waals surface area contributed by atoms with Crippen LogP contribution in [0.3, 0.4) is 0 Å². The molecule has 0 aliphatic rings. The molecule has 0 aromatic heterocycles. The second-order valence-electron chi connectivity index (χ2n) is 4.96. The number of aliphatic carboxylic acids is 1. The van der Waals surface area contributed by atoms with Gasteiger partial charge in [-0.05, 0) is 42.8 Å². The van der Waals surface area contributed by atoms with E-state index in [9.17, 15) is 4.79 Å². The molecule has 0 bridgehead atoms. The maximum Gasteiger partial charge on any atom is 0.328 e. The molecule has 0 atom stereocenters. The zero-order chi connectivity index (χ0) is 15.2. The highest BCUT2D eigenvalue weighted by atomic mass is 16.5. The van der Waals surface area contributed by atoms with Crippen molar-refractivity contribution < 1.29 is 14.6 Å². The van der Waals surface area contributed by atoms with E-state index in [0.717, 1.165) is 22.4 Å². The van der Waals surface area contributed by atoms with Crippen LogP contribution in [0.1, 0.15) is 19.4 Å². The summed E-state index contributed by atoms with van der Waals surface area (Å²) in [6.45, 7) is 4.48. The molecule has 0 heterocycles. The molecule has 0 spiro atoms. The quantitative estimate of drug-likeness (QED) is 0.657. The Balaban J connectivity index is 2.45. The third-order valence-electron chi connectivity index (χ3n) is 3.05. The Hall–Kier alpha value is -2.55. The molecular weight excluding hydrogens is 264 g/mol. The van der Waals surface area contributed by atoms with E-state index in [1.165, 1.54) is 5.57 Å². The molecule has 0 saturated carbocycles. The SMILES string of the molecule is CC(C)=CCOc1ccc2ccccc2c1/C=C/C(=O)O. The lowest BCUT2D eigenvalue weighted by molar-refractivity contribution is -0.131. The highest BCUT2D eigenvalue weighted by molar-refractivity contribution is 5.96. The van der Waals surface area contributed by atoms with Gasteiger partial charge in [-0.3, -0.25) is 0 Å². The van der Waals surface area contributed by atoms with Gasteiger partial charge in [0.05, 0.1) is 0 Å². The van der Waals surface area contributed by atoms with Crippen molar-refractivity contribution in [1.82, 2.24) is 0 Å². The van der Waals surface area contributed by atoms with E-state index in [-0.39, 0.29) is 0 Å². The van der Waals surface area contributed by atoms with Crippen LogP contribution in [0.2, 0.25) is 0 Å². The maximum atomic E-state index is 10.8. The Labute approximate surface area is 124 Å². The van der Waals surface area contributed by atoms with E-state index >= 15 is 0 Å². The molecular formula is C18H18O3. The Morgan fingerprint density at radius 1 is 1.19 bits per heavy atom. The molecule has 0 aliphatic heterocycles. The second kappa shape index (κ2) is 6.75. The maximum absolute atomic E-state index is 10.8. The number of hydrogen-bond acceptors (Lipinski definition) is 2. The van der Waals surface area contributed by atoms with Crippen molar-refractivity contribution in [2.24, 2.45) is 0 Å². The fourth-order valence-corrected chi connectivity index (χ4v) is 2.03. The van der Waals surface area contributed by atoms with Gasteiger partial charge in [-0.15, -0.1) is 0 Å². The molecule has 21 heavy (non-hydrogen) atoms. The average molecular weight is 282 g/mol. The first-order valence-electron chi connectivity index (χ1n) is 6.77. The van der Waals surface area contributed by atoms with Crippen LogP contribution in [0.4, 0.5) is 0 Å². The number of hydrogen-bond donors (Lipinski definition) is 1. The van der Waals surface area contributed by atoms with Crippen molar-refractivity contribution in [3.05, 3.63) is 59.7 Å². The summed E-state index contributed by atoms with van der Waals surface area (Å²) < 4.78 is 5.77. The lowest BCUT2D eigenvalue weighted by Gasteiger charge is -2.11. The van der Waals surface area contributed by atoms with Crippen LogP contribution < -0.4 is 4.74 Å². The molecule has 1 N–H and O–H groups in total. The first-order valence-corrected chi connectivity index (χ1v) is 6.77. The number of rotatable bonds is 5. The van der Waals surface area contributed by atoms with Crippen LogP contribution in [0.5, 0.6) is 5.75 Å². The predicted molar refractivity (Wildman–Crippen MR) is 85.5 cm³/mol. The topological polar surface area (TPSA) is 46.5 Å². The zero-order valence-corrected chi connectivity index (χ0v) is 12.2. The van der Waals surface area contributed by atoms with E-state index < -0.39 is 5.97 Å². The molecule has 0 aliphatic carbocycles. The average Bonchev–Trinajstić information content (AvgIpc) is 2.45. The minimum atomic E-state index is -0.974. The molecule has 2 aromatic rings. The zero-order valence-electron chi connectivity index (χ0n) is 12.2. The second-order valence-corrected chi connectivity index (χ2v) is 4.96. The fourth-order valence-electron chi connectivity index (χ4n) is 2.03. The molecule has 2 rings (SSSR count). The molecule has 0 unspecified atom stereocenters. The molecule has 0 amide bonds. The number of allylic oxidation sites excluding steroid dienone is 1. The van der Waals surface area contributed by atoms with Crippen molar-refractivity contribution in [3.8, 4) is 5.75 Å². The van der Waals surface area contributed by atoms with E-state index in [2.05, 4.69) is 0 Å². The normalized spacial score (nSPS) is 10.8. The molecule has 3 nitrogen and oxygen atoms in total. The van der Waals surface area contributed by atoms with Gasteiger partial charge in [0.1, 0.15) is 12.4 Å². The van der Waals surface area contributed by atoms with Crippen molar-refractivity contribution in [2.75, 3.05) is 6.61 Å².